The zero-order valence-corrected chi connectivity index (χ0v) is 20.3. The minimum atomic E-state index is -0.599. The van der Waals surface area contributed by atoms with Gasteiger partial charge < -0.3 is 15.4 Å². The molecular weight excluding hydrogens is 464 g/mol. The van der Waals surface area contributed by atoms with Crippen LogP contribution in [0.25, 0.3) is 56.0 Å². The van der Waals surface area contributed by atoms with Crippen LogP contribution in [-0.4, -0.2) is 46.5 Å². The third kappa shape index (κ3) is 4.52. The van der Waals surface area contributed by atoms with Gasteiger partial charge in [0, 0.05) is 35.1 Å². The van der Waals surface area contributed by atoms with Crippen LogP contribution < -0.4 is 5.32 Å². The van der Waals surface area contributed by atoms with Gasteiger partial charge in [-0.05, 0) is 54.8 Å². The van der Waals surface area contributed by atoms with Gasteiger partial charge in [-0.25, -0.2) is 9.97 Å². The van der Waals surface area contributed by atoms with Crippen LogP contribution in [0, 0.1) is 0 Å². The summed E-state index contributed by atoms with van der Waals surface area (Å²) in [6, 6.07) is 15.8. The summed E-state index contributed by atoms with van der Waals surface area (Å²) >= 11 is 0. The van der Waals surface area contributed by atoms with E-state index in [1.807, 2.05) is 48.7 Å². The van der Waals surface area contributed by atoms with Crippen LogP contribution in [0.5, 0.6) is 0 Å². The van der Waals surface area contributed by atoms with E-state index in [-0.39, 0.29) is 0 Å². The summed E-state index contributed by atoms with van der Waals surface area (Å²) in [4.78, 5) is 21.5. The second kappa shape index (κ2) is 9.79. The van der Waals surface area contributed by atoms with Crippen molar-refractivity contribution in [2.24, 2.45) is 0 Å². The number of hydrogen-bond donors (Lipinski definition) is 4. The first-order valence-corrected chi connectivity index (χ1v) is 12.3. The van der Waals surface area contributed by atoms with Gasteiger partial charge in [0.2, 0.25) is 0 Å². The van der Waals surface area contributed by atoms with Crippen molar-refractivity contribution in [3.63, 3.8) is 0 Å². The van der Waals surface area contributed by atoms with Gasteiger partial charge in [-0.2, -0.15) is 5.10 Å². The number of fused-ring (bicyclic) bond motifs is 2. The molecule has 0 aliphatic heterocycles. The fourth-order valence-electron chi connectivity index (χ4n) is 4.47. The molecule has 0 aliphatic rings. The predicted octanol–water partition coefficient (Wildman–Crippen LogP) is 5.55. The van der Waals surface area contributed by atoms with Gasteiger partial charge in [-0.15, -0.1) is 0 Å². The minimum Gasteiger partial charge on any atom is -0.374 e. The molecule has 0 saturated heterocycles. The third-order valence-electron chi connectivity index (χ3n) is 6.36. The Kier molecular flexibility index (Phi) is 6.03. The molecular formula is C28H26N8O. The van der Waals surface area contributed by atoms with Gasteiger partial charge in [-0.1, -0.05) is 25.5 Å². The lowest BCUT2D eigenvalue weighted by atomic mass is 10.0. The molecule has 37 heavy (non-hydrogen) atoms. The first-order chi connectivity index (χ1) is 18.2. The van der Waals surface area contributed by atoms with E-state index in [0.717, 1.165) is 57.3 Å². The predicted molar refractivity (Wildman–Crippen MR) is 145 cm³/mol. The van der Waals surface area contributed by atoms with Crippen LogP contribution in [0.1, 0.15) is 26.2 Å². The highest BCUT2D eigenvalue weighted by atomic mass is 16.3. The smallest absolute Gasteiger partial charge is 0.178 e. The molecule has 1 atom stereocenters. The lowest BCUT2D eigenvalue weighted by molar-refractivity contribution is 0.190. The highest BCUT2D eigenvalue weighted by Gasteiger charge is 2.17. The van der Waals surface area contributed by atoms with E-state index in [2.05, 4.69) is 48.4 Å². The zero-order chi connectivity index (χ0) is 25.2. The van der Waals surface area contributed by atoms with Crippen LogP contribution in [0.15, 0.2) is 73.3 Å². The molecule has 4 N–H and O–H groups in total. The number of hydrogen-bond acceptors (Lipinski definition) is 7. The lowest BCUT2D eigenvalue weighted by Gasteiger charge is -2.14. The number of nitrogens with zero attached hydrogens (tertiary/aromatic N) is 5. The SMILES string of the molecule is CCCCC(O)Nc1cncc(-c2ccc3[nH]nc(-c4nc5nccc(-c6ccccn6)c5[nH]4)c3c2)c1. The van der Waals surface area contributed by atoms with Crippen LogP contribution >= 0.6 is 0 Å². The molecule has 0 amide bonds. The molecule has 1 unspecified atom stereocenters. The van der Waals surface area contributed by atoms with Crippen molar-refractivity contribution in [1.82, 2.24) is 35.1 Å². The highest BCUT2D eigenvalue weighted by Crippen LogP contribution is 2.32. The van der Waals surface area contributed by atoms with E-state index < -0.39 is 6.23 Å². The number of anilines is 1. The Morgan fingerprint density at radius 2 is 1.95 bits per heavy atom. The summed E-state index contributed by atoms with van der Waals surface area (Å²) in [6.07, 6.45) is 9.14. The van der Waals surface area contributed by atoms with E-state index in [0.29, 0.717) is 23.6 Å². The van der Waals surface area contributed by atoms with Gasteiger partial charge in [0.1, 0.15) is 11.9 Å². The van der Waals surface area contributed by atoms with Gasteiger partial charge in [0.05, 0.1) is 28.6 Å². The number of aliphatic hydroxyl groups excluding tert-OH is 1. The number of rotatable bonds is 8. The van der Waals surface area contributed by atoms with Gasteiger partial charge in [-0.3, -0.25) is 15.1 Å². The molecule has 0 fully saturated rings. The molecule has 0 spiro atoms. The standard InChI is InChI=1S/C28H26N8O/c1-2-3-7-24(37)32-19-13-18(15-29-16-19)17-8-9-23-21(14-17)26(36-35-23)28-33-25-20(10-12-31-27(25)34-28)22-6-4-5-11-30-22/h4-6,8-16,24,32,37H,2-3,7H2,1H3,(H,35,36)(H,31,33,34). The van der Waals surface area contributed by atoms with Crippen LogP contribution in [0.3, 0.4) is 0 Å². The molecule has 5 aromatic heterocycles. The Bertz CT molecular complexity index is 1670. The number of benzene rings is 1. The van der Waals surface area contributed by atoms with Gasteiger partial charge >= 0.3 is 0 Å². The molecule has 184 valence electrons. The maximum absolute atomic E-state index is 10.3. The zero-order valence-electron chi connectivity index (χ0n) is 20.3. The Labute approximate surface area is 213 Å². The number of pyridine rings is 3. The molecule has 0 aliphatic carbocycles. The number of unbranched alkanes of at least 4 members (excludes halogenated alkanes) is 1. The molecule has 6 aromatic rings. The lowest BCUT2D eigenvalue weighted by Crippen LogP contribution is -2.18. The third-order valence-corrected chi connectivity index (χ3v) is 6.36. The molecule has 9 nitrogen and oxygen atoms in total. The molecule has 0 radical (unpaired) electrons. The Morgan fingerprint density at radius 1 is 1.00 bits per heavy atom. The Morgan fingerprint density at radius 3 is 2.81 bits per heavy atom. The van der Waals surface area contributed by atoms with Crippen molar-refractivity contribution in [3.05, 3.63) is 73.3 Å². The quantitative estimate of drug-likeness (QED) is 0.206. The van der Waals surface area contributed by atoms with Crippen molar-refractivity contribution in [3.8, 4) is 33.9 Å². The van der Waals surface area contributed by atoms with Crippen molar-refractivity contribution in [1.29, 1.82) is 0 Å². The number of nitrogens with one attached hydrogen (secondary N) is 3. The van der Waals surface area contributed by atoms with Crippen molar-refractivity contribution in [2.45, 2.75) is 32.4 Å². The highest BCUT2D eigenvalue weighted by molar-refractivity contribution is 5.97. The van der Waals surface area contributed by atoms with Crippen LogP contribution in [0.4, 0.5) is 5.69 Å². The summed E-state index contributed by atoms with van der Waals surface area (Å²) in [7, 11) is 0. The van der Waals surface area contributed by atoms with E-state index in [1.165, 1.54) is 0 Å². The molecule has 1 aromatic carbocycles. The Hall–Kier alpha value is -4.63. The second-order valence-electron chi connectivity index (χ2n) is 8.95. The fraction of sp³-hybridized carbons (Fsp3) is 0.179. The second-order valence-corrected chi connectivity index (χ2v) is 8.95. The van der Waals surface area contributed by atoms with Crippen LogP contribution in [0.2, 0.25) is 0 Å². The number of imidazole rings is 1. The molecule has 0 saturated carbocycles. The van der Waals surface area contributed by atoms with Crippen molar-refractivity contribution >= 4 is 27.8 Å². The van der Waals surface area contributed by atoms with Crippen molar-refractivity contribution in [2.75, 3.05) is 5.32 Å². The fourth-order valence-corrected chi connectivity index (χ4v) is 4.47. The van der Waals surface area contributed by atoms with E-state index in [9.17, 15) is 5.11 Å². The summed E-state index contributed by atoms with van der Waals surface area (Å²) in [5, 5.41) is 22.0. The summed E-state index contributed by atoms with van der Waals surface area (Å²) < 4.78 is 0. The van der Waals surface area contributed by atoms with Gasteiger partial charge in [0.15, 0.2) is 11.5 Å². The van der Waals surface area contributed by atoms with E-state index in [1.54, 1.807) is 18.6 Å². The van der Waals surface area contributed by atoms with Crippen LogP contribution in [-0.2, 0) is 0 Å². The Balaban J connectivity index is 1.37. The largest absolute Gasteiger partial charge is 0.374 e. The van der Waals surface area contributed by atoms with E-state index in [4.69, 9.17) is 4.98 Å². The molecule has 9 heteroatoms. The maximum Gasteiger partial charge on any atom is 0.178 e. The summed E-state index contributed by atoms with van der Waals surface area (Å²) in [5.74, 6) is 0.627. The number of aromatic amines is 2. The normalized spacial score (nSPS) is 12.3. The summed E-state index contributed by atoms with van der Waals surface area (Å²) in [6.45, 7) is 2.11. The first kappa shape index (κ1) is 22.8. The number of aliphatic hydroxyl groups is 1. The average Bonchev–Trinajstić information content (AvgIpc) is 3.56. The summed E-state index contributed by atoms with van der Waals surface area (Å²) in [5.41, 5.74) is 7.50. The van der Waals surface area contributed by atoms with Crippen molar-refractivity contribution < 1.29 is 5.11 Å². The topological polar surface area (TPSA) is 128 Å². The van der Waals surface area contributed by atoms with Gasteiger partial charge in [0.25, 0.3) is 0 Å². The minimum absolute atomic E-state index is 0.599. The number of aromatic nitrogens is 7. The maximum atomic E-state index is 10.3. The first-order valence-electron chi connectivity index (χ1n) is 12.3. The molecule has 0 bridgehead atoms. The average molecular weight is 491 g/mol. The molecule has 6 rings (SSSR count). The van der Waals surface area contributed by atoms with E-state index >= 15 is 0 Å². The monoisotopic (exact) mass is 490 g/mol. The molecule has 5 heterocycles. The number of H-pyrrole nitrogens is 2.